The molecule has 3 aromatic heterocycles. The van der Waals surface area contributed by atoms with Gasteiger partial charge < -0.3 is 4.74 Å². The maximum atomic E-state index is 11.8. The lowest BCUT2D eigenvalue weighted by atomic mass is 10.0. The molecule has 0 aliphatic carbocycles. The first-order valence-corrected chi connectivity index (χ1v) is 9.21. The third-order valence-electron chi connectivity index (χ3n) is 4.56. The van der Waals surface area contributed by atoms with Crippen LogP contribution in [0.4, 0.5) is 0 Å². The van der Waals surface area contributed by atoms with Crippen LogP contribution < -0.4 is 0 Å². The highest BCUT2D eigenvalue weighted by Crippen LogP contribution is 2.29. The number of hydrogen-bond donors (Lipinski definition) is 0. The molecule has 140 valence electrons. The largest absolute Gasteiger partial charge is 0.464 e. The average Bonchev–Trinajstić information content (AvgIpc) is 3.05. The molecule has 1 aromatic carbocycles. The van der Waals surface area contributed by atoms with Gasteiger partial charge in [-0.05, 0) is 42.8 Å². The van der Waals surface area contributed by atoms with E-state index in [2.05, 4.69) is 17.1 Å². The number of esters is 1. The summed E-state index contributed by atoms with van der Waals surface area (Å²) in [5.74, 6) is -0.449. The monoisotopic (exact) mass is 391 g/mol. The lowest BCUT2D eigenvalue weighted by molar-refractivity contribution is 0.0593. The van der Waals surface area contributed by atoms with E-state index in [9.17, 15) is 4.79 Å². The molecule has 0 saturated carbocycles. The lowest BCUT2D eigenvalue weighted by Crippen LogP contribution is -2.06. The maximum Gasteiger partial charge on any atom is 0.356 e. The van der Waals surface area contributed by atoms with Crippen LogP contribution in [0.1, 0.15) is 27.3 Å². The zero-order chi connectivity index (χ0) is 19.7. The number of nitrogens with zero attached hydrogens (tertiary/aromatic N) is 3. The Hall–Kier alpha value is -3.18. The lowest BCUT2D eigenvalue weighted by Gasteiger charge is -2.06. The Morgan fingerprint density at radius 3 is 2.64 bits per heavy atom. The number of pyridine rings is 2. The predicted octanol–water partition coefficient (Wildman–Crippen LogP) is 4.74. The van der Waals surface area contributed by atoms with E-state index >= 15 is 0 Å². The summed E-state index contributed by atoms with van der Waals surface area (Å²) in [6.45, 7) is 2.03. The molecule has 0 aliphatic heterocycles. The first-order chi connectivity index (χ1) is 13.5. The molecule has 0 spiro atoms. The fourth-order valence-corrected chi connectivity index (χ4v) is 3.32. The van der Waals surface area contributed by atoms with Crippen molar-refractivity contribution < 1.29 is 9.53 Å². The molecule has 28 heavy (non-hydrogen) atoms. The van der Waals surface area contributed by atoms with Gasteiger partial charge in [-0.25, -0.2) is 14.3 Å². The quantitative estimate of drug-likeness (QED) is 0.472. The number of halogens is 1. The van der Waals surface area contributed by atoms with E-state index in [0.717, 1.165) is 33.6 Å². The average molecular weight is 392 g/mol. The Morgan fingerprint density at radius 1 is 1.11 bits per heavy atom. The number of ether oxygens (including phenoxy) is 1. The highest BCUT2D eigenvalue weighted by atomic mass is 35.5. The number of rotatable bonds is 4. The molecule has 3 heterocycles. The smallest absolute Gasteiger partial charge is 0.356 e. The summed E-state index contributed by atoms with van der Waals surface area (Å²) in [7, 11) is 1.35. The summed E-state index contributed by atoms with van der Waals surface area (Å²) in [5.41, 5.74) is 6.07. The molecule has 0 saturated heterocycles. The number of fused-ring (bicyclic) bond motifs is 1. The molecule has 0 N–H and O–H groups in total. The van der Waals surface area contributed by atoms with Crippen molar-refractivity contribution in [2.45, 2.75) is 13.3 Å². The van der Waals surface area contributed by atoms with Crippen LogP contribution in [0.5, 0.6) is 0 Å². The van der Waals surface area contributed by atoms with Gasteiger partial charge in [-0.3, -0.25) is 0 Å². The fourth-order valence-electron chi connectivity index (χ4n) is 3.19. The maximum absolute atomic E-state index is 11.8. The van der Waals surface area contributed by atoms with Gasteiger partial charge in [0, 0.05) is 34.5 Å². The first kappa shape index (κ1) is 18.2. The molecule has 0 fully saturated rings. The highest BCUT2D eigenvalue weighted by Gasteiger charge is 2.17. The topological polar surface area (TPSA) is 56.5 Å². The van der Waals surface area contributed by atoms with Crippen LogP contribution in [0.15, 0.2) is 60.8 Å². The van der Waals surface area contributed by atoms with E-state index in [0.29, 0.717) is 17.1 Å². The van der Waals surface area contributed by atoms with Gasteiger partial charge in [-0.2, -0.15) is 5.10 Å². The van der Waals surface area contributed by atoms with Crippen LogP contribution in [0.2, 0.25) is 5.02 Å². The molecule has 6 heteroatoms. The van der Waals surface area contributed by atoms with Crippen molar-refractivity contribution in [2.24, 2.45) is 0 Å². The van der Waals surface area contributed by atoms with E-state index in [4.69, 9.17) is 21.4 Å². The summed E-state index contributed by atoms with van der Waals surface area (Å²) in [6, 6.07) is 17.1. The summed E-state index contributed by atoms with van der Waals surface area (Å²) >= 11 is 6.05. The first-order valence-electron chi connectivity index (χ1n) is 8.83. The van der Waals surface area contributed by atoms with Crippen molar-refractivity contribution in [3.8, 4) is 11.3 Å². The van der Waals surface area contributed by atoms with Crippen LogP contribution in [-0.2, 0) is 11.2 Å². The fraction of sp³-hybridized carbons (Fsp3) is 0.136. The number of aromatic nitrogens is 3. The second-order valence-corrected chi connectivity index (χ2v) is 6.99. The molecule has 0 aliphatic rings. The summed E-state index contributed by atoms with van der Waals surface area (Å²) in [5, 5.41) is 5.48. The molecule has 4 aromatic rings. The normalized spacial score (nSPS) is 11.0. The van der Waals surface area contributed by atoms with E-state index in [1.54, 1.807) is 6.07 Å². The second-order valence-electron chi connectivity index (χ2n) is 6.55. The molecule has 0 atom stereocenters. The van der Waals surface area contributed by atoms with Crippen LogP contribution in [0.3, 0.4) is 0 Å². The van der Waals surface area contributed by atoms with Crippen LogP contribution in [-0.4, -0.2) is 27.7 Å². The van der Waals surface area contributed by atoms with E-state index < -0.39 is 5.97 Å². The molecule has 0 bridgehead atoms. The highest BCUT2D eigenvalue weighted by molar-refractivity contribution is 6.30. The Balaban J connectivity index is 1.84. The number of hydrogen-bond acceptors (Lipinski definition) is 4. The van der Waals surface area contributed by atoms with Gasteiger partial charge in [-0.1, -0.05) is 35.9 Å². The minimum Gasteiger partial charge on any atom is -0.464 e. The van der Waals surface area contributed by atoms with Gasteiger partial charge in [-0.15, -0.1) is 0 Å². The standard InChI is InChI=1S/C22H18ClN3O2/c1-14-6-11-20-18(12-17-4-3-5-19(24-17)22(27)28-2)21(25-26(20)13-14)15-7-9-16(23)10-8-15/h3-11,13H,12H2,1-2H3. The second kappa shape index (κ2) is 7.44. The molecule has 4 rings (SSSR count). The SMILES string of the molecule is COC(=O)c1cccc(Cc2c(-c3ccc(Cl)cc3)nn3cc(C)ccc23)n1. The molecule has 0 unspecified atom stereocenters. The van der Waals surface area contributed by atoms with Crippen molar-refractivity contribution >= 4 is 23.1 Å². The summed E-state index contributed by atoms with van der Waals surface area (Å²) < 4.78 is 6.67. The Morgan fingerprint density at radius 2 is 1.89 bits per heavy atom. The molecular weight excluding hydrogens is 374 g/mol. The zero-order valence-electron chi connectivity index (χ0n) is 15.5. The number of carbonyl (C=O) groups is 1. The van der Waals surface area contributed by atoms with Crippen molar-refractivity contribution in [2.75, 3.05) is 7.11 Å². The van der Waals surface area contributed by atoms with Crippen LogP contribution in [0, 0.1) is 6.92 Å². The van der Waals surface area contributed by atoms with Crippen LogP contribution >= 0.6 is 11.6 Å². The van der Waals surface area contributed by atoms with Gasteiger partial charge in [0.15, 0.2) is 0 Å². The summed E-state index contributed by atoms with van der Waals surface area (Å²) in [4.78, 5) is 16.3. The van der Waals surface area contributed by atoms with Crippen molar-refractivity contribution in [3.63, 3.8) is 0 Å². The summed E-state index contributed by atoms with van der Waals surface area (Å²) in [6.07, 6.45) is 2.53. The van der Waals surface area contributed by atoms with Crippen molar-refractivity contribution in [1.82, 2.24) is 14.6 Å². The van der Waals surface area contributed by atoms with Crippen molar-refractivity contribution in [3.05, 3.63) is 88.3 Å². The number of aryl methyl sites for hydroxylation is 1. The van der Waals surface area contributed by atoms with Crippen LogP contribution in [0.25, 0.3) is 16.8 Å². The van der Waals surface area contributed by atoms with E-state index in [1.165, 1.54) is 7.11 Å². The number of methoxy groups -OCH3 is 1. The Kier molecular flexibility index (Phi) is 4.84. The third kappa shape index (κ3) is 3.49. The predicted molar refractivity (Wildman–Crippen MR) is 109 cm³/mol. The molecular formula is C22H18ClN3O2. The number of carbonyl (C=O) groups excluding carboxylic acids is 1. The van der Waals surface area contributed by atoms with E-state index in [-0.39, 0.29) is 0 Å². The van der Waals surface area contributed by atoms with Gasteiger partial charge in [0.1, 0.15) is 5.69 Å². The van der Waals surface area contributed by atoms with Gasteiger partial charge in [0.25, 0.3) is 0 Å². The van der Waals surface area contributed by atoms with Gasteiger partial charge in [0.2, 0.25) is 0 Å². The molecule has 0 radical (unpaired) electrons. The Bertz CT molecular complexity index is 1170. The third-order valence-corrected chi connectivity index (χ3v) is 4.81. The zero-order valence-corrected chi connectivity index (χ0v) is 16.3. The number of benzene rings is 1. The Labute approximate surface area is 167 Å². The van der Waals surface area contributed by atoms with E-state index in [1.807, 2.05) is 54.0 Å². The van der Waals surface area contributed by atoms with Gasteiger partial charge >= 0.3 is 5.97 Å². The minimum absolute atomic E-state index is 0.292. The minimum atomic E-state index is -0.449. The molecule has 5 nitrogen and oxygen atoms in total. The van der Waals surface area contributed by atoms with Crippen molar-refractivity contribution in [1.29, 1.82) is 0 Å². The molecule has 0 amide bonds. The van der Waals surface area contributed by atoms with Gasteiger partial charge in [0.05, 0.1) is 18.3 Å².